The zero-order valence-corrected chi connectivity index (χ0v) is 9.69. The van der Waals surface area contributed by atoms with Gasteiger partial charge in [0.2, 0.25) is 0 Å². The van der Waals surface area contributed by atoms with Gasteiger partial charge in [0.15, 0.2) is 12.4 Å². The molecule has 8 nitrogen and oxygen atoms in total. The summed E-state index contributed by atoms with van der Waals surface area (Å²) in [5.74, 6) is 0. The number of hydrogen-bond acceptors (Lipinski definition) is 6. The lowest BCUT2D eigenvalue weighted by molar-refractivity contribution is -0.150. The minimum absolute atomic E-state index is 0.661. The highest BCUT2D eigenvalue weighted by Gasteiger charge is 2.55. The Hall–Kier alpha value is -1.55. The number of nitrogens with zero attached hydrogens (tertiary/aromatic N) is 1. The van der Waals surface area contributed by atoms with E-state index >= 15 is 0 Å². The maximum absolute atomic E-state index is 14.0. The Balaban J connectivity index is 2.42. The summed E-state index contributed by atoms with van der Waals surface area (Å²) in [7, 11) is 0. The third-order valence-electron chi connectivity index (χ3n) is 3.13. The molecular weight excluding hydrogens is 263 g/mol. The summed E-state index contributed by atoms with van der Waals surface area (Å²) in [5, 5.41) is 27.9. The number of aromatic amines is 1. The monoisotopic (exact) mass is 276 g/mol. The predicted octanol–water partition coefficient (Wildman–Crippen LogP) is -2.51. The maximum Gasteiger partial charge on any atom is 0.330 e. The van der Waals surface area contributed by atoms with Gasteiger partial charge in [0.05, 0.1) is 13.2 Å². The molecule has 9 heteroatoms. The van der Waals surface area contributed by atoms with Gasteiger partial charge >= 0.3 is 5.69 Å². The number of aromatic nitrogens is 2. The molecule has 2 heterocycles. The molecule has 4 N–H and O–H groups in total. The first-order valence-corrected chi connectivity index (χ1v) is 5.48. The van der Waals surface area contributed by atoms with Crippen molar-refractivity contribution in [3.63, 3.8) is 0 Å². The van der Waals surface area contributed by atoms with Gasteiger partial charge in [-0.05, 0) is 0 Å². The second-order valence-corrected chi connectivity index (χ2v) is 4.30. The SMILES string of the molecule is O=c1ccn([C@@H]2OC(CO)(CO)[C@@H](O)[C@H]2F)c(=O)[nH]1. The molecule has 0 bridgehead atoms. The van der Waals surface area contributed by atoms with Crippen LogP contribution < -0.4 is 11.2 Å². The fourth-order valence-electron chi connectivity index (χ4n) is 1.97. The number of hydrogen-bond donors (Lipinski definition) is 4. The van der Waals surface area contributed by atoms with Crippen LogP contribution >= 0.6 is 0 Å². The van der Waals surface area contributed by atoms with Crippen molar-refractivity contribution in [1.29, 1.82) is 0 Å². The van der Waals surface area contributed by atoms with E-state index in [1.54, 1.807) is 0 Å². The average molecular weight is 276 g/mol. The Morgan fingerprint density at radius 1 is 1.42 bits per heavy atom. The Morgan fingerprint density at radius 3 is 2.53 bits per heavy atom. The van der Waals surface area contributed by atoms with Crippen molar-refractivity contribution in [3.8, 4) is 0 Å². The summed E-state index contributed by atoms with van der Waals surface area (Å²) in [6, 6.07) is 0.988. The molecule has 0 amide bonds. The van der Waals surface area contributed by atoms with E-state index in [4.69, 9.17) is 14.9 Å². The van der Waals surface area contributed by atoms with E-state index in [2.05, 4.69) is 0 Å². The standard InChI is InChI=1S/C10H13FN2O6/c11-6-7(17)10(3-14,4-15)19-8(6)13-2-1-5(16)12-9(13)18/h1-2,6-8,14-15,17H,3-4H2,(H,12,16,18)/t6-,7+,8-/m1/s1. The van der Waals surface area contributed by atoms with Crippen molar-refractivity contribution in [3.05, 3.63) is 33.1 Å². The van der Waals surface area contributed by atoms with E-state index in [9.17, 15) is 19.1 Å². The molecule has 0 radical (unpaired) electrons. The Labute approximate surface area is 105 Å². The second-order valence-electron chi connectivity index (χ2n) is 4.30. The minimum Gasteiger partial charge on any atom is -0.393 e. The van der Waals surface area contributed by atoms with Crippen LogP contribution in [0.1, 0.15) is 6.23 Å². The van der Waals surface area contributed by atoms with Crippen LogP contribution in [0, 0.1) is 0 Å². The van der Waals surface area contributed by atoms with Gasteiger partial charge in [0.25, 0.3) is 5.56 Å². The fourth-order valence-corrected chi connectivity index (χ4v) is 1.97. The number of halogens is 1. The van der Waals surface area contributed by atoms with Gasteiger partial charge in [0.1, 0.15) is 11.7 Å². The zero-order chi connectivity index (χ0) is 14.2. The predicted molar refractivity (Wildman–Crippen MR) is 59.3 cm³/mol. The lowest BCUT2D eigenvalue weighted by Crippen LogP contribution is -2.48. The van der Waals surface area contributed by atoms with Gasteiger partial charge in [-0.25, -0.2) is 9.18 Å². The molecule has 3 atom stereocenters. The first-order chi connectivity index (χ1) is 8.95. The van der Waals surface area contributed by atoms with Crippen LogP contribution in [0.4, 0.5) is 4.39 Å². The average Bonchev–Trinajstić information content (AvgIpc) is 2.64. The lowest BCUT2D eigenvalue weighted by Gasteiger charge is -2.27. The third kappa shape index (κ3) is 2.10. The largest absolute Gasteiger partial charge is 0.393 e. The van der Waals surface area contributed by atoms with Crippen molar-refractivity contribution in [2.24, 2.45) is 0 Å². The molecule has 106 valence electrons. The number of H-pyrrole nitrogens is 1. The molecule has 2 rings (SSSR count). The van der Waals surface area contributed by atoms with Crippen LogP contribution in [0.2, 0.25) is 0 Å². The minimum atomic E-state index is -2.04. The molecule has 1 aliphatic heterocycles. The number of nitrogens with one attached hydrogen (secondary N) is 1. The molecule has 1 fully saturated rings. The maximum atomic E-state index is 14.0. The van der Waals surface area contributed by atoms with Crippen LogP contribution in [-0.2, 0) is 4.74 Å². The lowest BCUT2D eigenvalue weighted by atomic mass is 9.98. The highest BCUT2D eigenvalue weighted by Crippen LogP contribution is 2.37. The highest BCUT2D eigenvalue weighted by atomic mass is 19.1. The first kappa shape index (κ1) is 13.9. The number of alkyl halides is 1. The van der Waals surface area contributed by atoms with E-state index in [0.29, 0.717) is 0 Å². The highest BCUT2D eigenvalue weighted by molar-refractivity contribution is 5.02. The molecule has 19 heavy (non-hydrogen) atoms. The molecule has 0 saturated carbocycles. The van der Waals surface area contributed by atoms with Gasteiger partial charge in [-0.2, -0.15) is 0 Å². The van der Waals surface area contributed by atoms with Crippen LogP contribution in [0.15, 0.2) is 21.9 Å². The molecule has 1 aromatic rings. The summed E-state index contributed by atoms with van der Waals surface area (Å²) in [6.45, 7) is -1.64. The van der Waals surface area contributed by atoms with Gasteiger partial charge < -0.3 is 20.1 Å². The van der Waals surface area contributed by atoms with Crippen molar-refractivity contribution in [2.45, 2.75) is 24.1 Å². The summed E-state index contributed by atoms with van der Waals surface area (Å²) in [6.07, 6.45) is -4.37. The van der Waals surface area contributed by atoms with Crippen LogP contribution in [0.3, 0.4) is 0 Å². The quantitative estimate of drug-likeness (QED) is 0.483. The van der Waals surface area contributed by atoms with E-state index in [0.717, 1.165) is 16.8 Å². The number of ether oxygens (including phenoxy) is 1. The normalized spacial score (nSPS) is 29.6. The van der Waals surface area contributed by atoms with Crippen molar-refractivity contribution < 1.29 is 24.4 Å². The summed E-state index contributed by atoms with van der Waals surface area (Å²) >= 11 is 0. The summed E-state index contributed by atoms with van der Waals surface area (Å²) in [4.78, 5) is 24.3. The van der Waals surface area contributed by atoms with Crippen molar-refractivity contribution in [2.75, 3.05) is 13.2 Å². The van der Waals surface area contributed by atoms with Crippen LogP contribution in [0.5, 0.6) is 0 Å². The van der Waals surface area contributed by atoms with E-state index < -0.39 is 48.6 Å². The third-order valence-corrected chi connectivity index (χ3v) is 3.13. The van der Waals surface area contributed by atoms with Crippen molar-refractivity contribution >= 4 is 0 Å². The molecule has 0 unspecified atom stereocenters. The van der Waals surface area contributed by atoms with E-state index in [1.807, 2.05) is 4.98 Å². The smallest absolute Gasteiger partial charge is 0.330 e. The van der Waals surface area contributed by atoms with Crippen molar-refractivity contribution in [1.82, 2.24) is 9.55 Å². The summed E-state index contributed by atoms with van der Waals surface area (Å²) in [5.41, 5.74) is -3.47. The zero-order valence-electron chi connectivity index (χ0n) is 9.69. The molecular formula is C10H13FN2O6. The Kier molecular flexibility index (Phi) is 3.54. The topological polar surface area (TPSA) is 125 Å². The Bertz CT molecular complexity index is 566. The van der Waals surface area contributed by atoms with Crippen LogP contribution in [-0.4, -0.2) is 56.0 Å². The molecule has 0 spiro atoms. The number of rotatable bonds is 3. The van der Waals surface area contributed by atoms with Gasteiger partial charge in [-0.1, -0.05) is 0 Å². The van der Waals surface area contributed by atoms with Gasteiger partial charge in [-0.15, -0.1) is 0 Å². The van der Waals surface area contributed by atoms with Gasteiger partial charge in [0, 0.05) is 12.3 Å². The van der Waals surface area contributed by atoms with E-state index in [-0.39, 0.29) is 0 Å². The fraction of sp³-hybridized carbons (Fsp3) is 0.600. The second kappa shape index (κ2) is 4.85. The molecule has 0 aliphatic carbocycles. The molecule has 1 aromatic heterocycles. The first-order valence-electron chi connectivity index (χ1n) is 5.48. The molecule has 0 aromatic carbocycles. The molecule has 1 saturated heterocycles. The van der Waals surface area contributed by atoms with Gasteiger partial charge in [-0.3, -0.25) is 14.3 Å². The van der Waals surface area contributed by atoms with Crippen LogP contribution in [0.25, 0.3) is 0 Å². The number of aliphatic hydroxyl groups is 3. The Morgan fingerprint density at radius 2 is 2.05 bits per heavy atom. The summed E-state index contributed by atoms with van der Waals surface area (Å²) < 4.78 is 19.8. The van der Waals surface area contributed by atoms with E-state index in [1.165, 1.54) is 0 Å². The number of aliphatic hydroxyl groups excluding tert-OH is 3. The molecule has 1 aliphatic rings.